The molecule has 0 spiro atoms. The molecule has 0 aromatic heterocycles. The topological polar surface area (TPSA) is 61.5 Å². The number of halogens is 1. The molecule has 1 aromatic carbocycles. The Kier molecular flexibility index (Phi) is 9.30. The van der Waals surface area contributed by atoms with Gasteiger partial charge in [-0.1, -0.05) is 38.5 Å². The summed E-state index contributed by atoms with van der Waals surface area (Å²) in [6.45, 7) is 6.41. The molecule has 142 valence electrons. The van der Waals surface area contributed by atoms with E-state index in [0.717, 1.165) is 31.4 Å². The molecule has 0 amide bonds. The fourth-order valence-corrected chi connectivity index (χ4v) is 3.30. The molecule has 4 nitrogen and oxygen atoms in total. The molecule has 1 saturated heterocycles. The SMILES string of the molecule is CC(C)CC[C@H]1[C@H](C)OC(=O)[C@@H](N)CCC[C@@H]1Oc1ccccc1.Cl. The quantitative estimate of drug-likeness (QED) is 0.783. The van der Waals surface area contributed by atoms with Gasteiger partial charge in [-0.05, 0) is 50.7 Å². The van der Waals surface area contributed by atoms with Crippen molar-refractivity contribution < 1.29 is 14.3 Å². The number of para-hydroxylation sites is 1. The van der Waals surface area contributed by atoms with Gasteiger partial charge in [0.2, 0.25) is 0 Å². The van der Waals surface area contributed by atoms with E-state index in [4.69, 9.17) is 15.2 Å². The lowest BCUT2D eigenvalue weighted by Crippen LogP contribution is -2.39. The number of rotatable bonds is 5. The van der Waals surface area contributed by atoms with Gasteiger partial charge in [0, 0.05) is 5.92 Å². The zero-order valence-corrected chi connectivity index (χ0v) is 16.3. The van der Waals surface area contributed by atoms with Crippen LogP contribution >= 0.6 is 12.4 Å². The molecule has 0 radical (unpaired) electrons. The molecule has 25 heavy (non-hydrogen) atoms. The number of carbonyl (C=O) groups excluding carboxylic acids is 1. The van der Waals surface area contributed by atoms with E-state index >= 15 is 0 Å². The van der Waals surface area contributed by atoms with Crippen LogP contribution < -0.4 is 10.5 Å². The number of benzene rings is 1. The predicted octanol–water partition coefficient (Wildman–Crippen LogP) is 4.35. The molecule has 4 atom stereocenters. The third-order valence-electron chi connectivity index (χ3n) is 4.80. The maximum Gasteiger partial charge on any atom is 0.323 e. The van der Waals surface area contributed by atoms with Gasteiger partial charge in [-0.3, -0.25) is 4.79 Å². The van der Waals surface area contributed by atoms with Crippen molar-refractivity contribution in [3.8, 4) is 5.75 Å². The van der Waals surface area contributed by atoms with Crippen molar-refractivity contribution in [1.82, 2.24) is 0 Å². The number of nitrogens with two attached hydrogens (primary N) is 1. The molecule has 1 fully saturated rings. The molecular weight excluding hydrogens is 338 g/mol. The minimum Gasteiger partial charge on any atom is -0.490 e. The first-order valence-electron chi connectivity index (χ1n) is 9.15. The number of hydrogen-bond donors (Lipinski definition) is 1. The van der Waals surface area contributed by atoms with Crippen molar-refractivity contribution in [1.29, 1.82) is 0 Å². The van der Waals surface area contributed by atoms with Crippen LogP contribution in [0.15, 0.2) is 30.3 Å². The molecule has 2 rings (SSSR count). The van der Waals surface area contributed by atoms with Gasteiger partial charge in [0.15, 0.2) is 0 Å². The summed E-state index contributed by atoms with van der Waals surface area (Å²) in [7, 11) is 0. The Morgan fingerprint density at radius 2 is 1.92 bits per heavy atom. The molecular formula is C20H32ClNO3. The minimum atomic E-state index is -0.520. The van der Waals surface area contributed by atoms with Crippen LogP contribution in [0.3, 0.4) is 0 Å². The number of esters is 1. The Bertz CT molecular complexity index is 509. The van der Waals surface area contributed by atoms with E-state index in [1.807, 2.05) is 37.3 Å². The molecule has 1 aliphatic rings. The Hall–Kier alpha value is -1.26. The molecule has 1 aliphatic heterocycles. The van der Waals surface area contributed by atoms with Crippen LogP contribution in [-0.4, -0.2) is 24.2 Å². The number of ether oxygens (including phenoxy) is 2. The fraction of sp³-hybridized carbons (Fsp3) is 0.650. The van der Waals surface area contributed by atoms with Crippen molar-refractivity contribution in [2.24, 2.45) is 17.6 Å². The van der Waals surface area contributed by atoms with Crippen LogP contribution in [0.2, 0.25) is 0 Å². The summed E-state index contributed by atoms with van der Waals surface area (Å²) in [4.78, 5) is 12.1. The highest BCUT2D eigenvalue weighted by molar-refractivity contribution is 5.85. The lowest BCUT2D eigenvalue weighted by molar-refractivity contribution is -0.153. The predicted molar refractivity (Wildman–Crippen MR) is 103 cm³/mol. The largest absolute Gasteiger partial charge is 0.490 e. The third kappa shape index (κ3) is 6.87. The highest BCUT2D eigenvalue weighted by Crippen LogP contribution is 2.30. The Labute approximate surface area is 157 Å². The summed E-state index contributed by atoms with van der Waals surface area (Å²) < 4.78 is 12.0. The van der Waals surface area contributed by atoms with Gasteiger partial charge < -0.3 is 15.2 Å². The van der Waals surface area contributed by atoms with E-state index in [0.29, 0.717) is 12.3 Å². The van der Waals surface area contributed by atoms with E-state index < -0.39 is 6.04 Å². The van der Waals surface area contributed by atoms with Crippen LogP contribution in [0.1, 0.15) is 52.9 Å². The van der Waals surface area contributed by atoms with Crippen LogP contribution in [0.4, 0.5) is 0 Å². The van der Waals surface area contributed by atoms with Crippen molar-refractivity contribution in [3.05, 3.63) is 30.3 Å². The van der Waals surface area contributed by atoms with Crippen LogP contribution in [0.5, 0.6) is 5.75 Å². The van der Waals surface area contributed by atoms with Gasteiger partial charge in [0.05, 0.1) is 0 Å². The van der Waals surface area contributed by atoms with E-state index in [1.54, 1.807) is 0 Å². The van der Waals surface area contributed by atoms with Gasteiger partial charge in [0.25, 0.3) is 0 Å². The second-order valence-corrected chi connectivity index (χ2v) is 7.28. The van der Waals surface area contributed by atoms with E-state index in [9.17, 15) is 4.79 Å². The average Bonchev–Trinajstić information content (AvgIpc) is 2.58. The maximum absolute atomic E-state index is 12.1. The van der Waals surface area contributed by atoms with Gasteiger partial charge in [-0.2, -0.15) is 0 Å². The van der Waals surface area contributed by atoms with Gasteiger partial charge in [-0.15, -0.1) is 12.4 Å². The summed E-state index contributed by atoms with van der Waals surface area (Å²) in [6, 6.07) is 9.38. The number of cyclic esters (lactones) is 1. The van der Waals surface area contributed by atoms with E-state index in [2.05, 4.69) is 13.8 Å². The van der Waals surface area contributed by atoms with Crippen LogP contribution in [0, 0.1) is 11.8 Å². The second kappa shape index (κ2) is 10.7. The second-order valence-electron chi connectivity index (χ2n) is 7.28. The summed E-state index contributed by atoms with van der Waals surface area (Å²) in [5, 5.41) is 0. The average molecular weight is 370 g/mol. The Morgan fingerprint density at radius 1 is 1.24 bits per heavy atom. The Balaban J connectivity index is 0.00000312. The van der Waals surface area contributed by atoms with Crippen molar-refractivity contribution in [2.75, 3.05) is 0 Å². The maximum atomic E-state index is 12.1. The Morgan fingerprint density at radius 3 is 2.56 bits per heavy atom. The van der Waals surface area contributed by atoms with Gasteiger partial charge in [-0.25, -0.2) is 0 Å². The normalized spacial score (nSPS) is 27.5. The van der Waals surface area contributed by atoms with Gasteiger partial charge in [0.1, 0.15) is 24.0 Å². The zero-order chi connectivity index (χ0) is 17.5. The first-order chi connectivity index (χ1) is 11.5. The van der Waals surface area contributed by atoms with E-state index in [-0.39, 0.29) is 36.5 Å². The van der Waals surface area contributed by atoms with Crippen molar-refractivity contribution >= 4 is 18.4 Å². The molecule has 1 heterocycles. The fourth-order valence-electron chi connectivity index (χ4n) is 3.30. The first kappa shape index (κ1) is 21.8. The number of hydrogen-bond acceptors (Lipinski definition) is 4. The molecule has 2 N–H and O–H groups in total. The zero-order valence-electron chi connectivity index (χ0n) is 15.5. The molecule has 0 aliphatic carbocycles. The minimum absolute atomic E-state index is 0. The van der Waals surface area contributed by atoms with Crippen molar-refractivity contribution in [2.45, 2.75) is 71.1 Å². The van der Waals surface area contributed by atoms with Crippen LogP contribution in [-0.2, 0) is 9.53 Å². The molecule has 1 aromatic rings. The monoisotopic (exact) mass is 369 g/mol. The lowest BCUT2D eigenvalue weighted by Gasteiger charge is -2.32. The third-order valence-corrected chi connectivity index (χ3v) is 4.80. The number of carbonyl (C=O) groups is 1. The first-order valence-corrected chi connectivity index (χ1v) is 9.15. The summed E-state index contributed by atoms with van der Waals surface area (Å²) in [6.07, 6.45) is 4.35. The van der Waals surface area contributed by atoms with Crippen LogP contribution in [0.25, 0.3) is 0 Å². The highest BCUT2D eigenvalue weighted by Gasteiger charge is 2.33. The standard InChI is InChI=1S/C20H31NO3.ClH/c1-14(2)12-13-17-15(3)23-20(22)18(21)10-7-11-19(17)24-16-8-5-4-6-9-16;/h4-6,8-9,14-15,17-19H,7,10-13,21H2,1-3H3;1H/t15-,17-,18-,19-;/m0./s1. The smallest absolute Gasteiger partial charge is 0.323 e. The van der Waals surface area contributed by atoms with Crippen molar-refractivity contribution in [3.63, 3.8) is 0 Å². The molecule has 0 saturated carbocycles. The molecule has 5 heteroatoms. The highest BCUT2D eigenvalue weighted by atomic mass is 35.5. The summed E-state index contributed by atoms with van der Waals surface area (Å²) in [5.41, 5.74) is 5.93. The van der Waals surface area contributed by atoms with E-state index in [1.165, 1.54) is 0 Å². The summed E-state index contributed by atoms with van der Waals surface area (Å²) >= 11 is 0. The molecule has 0 unspecified atom stereocenters. The van der Waals surface area contributed by atoms with Gasteiger partial charge >= 0.3 is 5.97 Å². The summed E-state index contributed by atoms with van der Waals surface area (Å²) in [5.74, 6) is 1.39. The molecule has 0 bridgehead atoms. The lowest BCUT2D eigenvalue weighted by atomic mass is 9.86.